The van der Waals surface area contributed by atoms with Crippen molar-refractivity contribution in [2.75, 3.05) is 13.2 Å². The summed E-state index contributed by atoms with van der Waals surface area (Å²) in [4.78, 5) is 23.8. The van der Waals surface area contributed by atoms with Crippen molar-refractivity contribution in [2.24, 2.45) is 0 Å². The molecule has 7 heteroatoms. The Morgan fingerprint density at radius 1 is 1.30 bits per heavy atom. The summed E-state index contributed by atoms with van der Waals surface area (Å²) in [6, 6.07) is 7.55. The van der Waals surface area contributed by atoms with Gasteiger partial charge in [0.25, 0.3) is 5.91 Å². The molecule has 0 aliphatic heterocycles. The largest absolute Gasteiger partial charge is 0.493 e. The van der Waals surface area contributed by atoms with Gasteiger partial charge < -0.3 is 14.8 Å². The first kappa shape index (κ1) is 21.0. The molecule has 1 amide bonds. The highest BCUT2D eigenvalue weighted by Crippen LogP contribution is 2.27. The smallest absolute Gasteiger partial charge is 0.306 e. The van der Waals surface area contributed by atoms with E-state index in [0.717, 1.165) is 30.6 Å². The average Bonchev–Trinajstić information content (AvgIpc) is 2.65. The number of carbonyl (C=O) groups excluding carboxylic acids is 2. The fourth-order valence-electron chi connectivity index (χ4n) is 3.11. The van der Waals surface area contributed by atoms with Crippen LogP contribution >= 0.6 is 11.6 Å². The molecule has 1 fully saturated rings. The van der Waals surface area contributed by atoms with Crippen molar-refractivity contribution in [1.29, 1.82) is 5.26 Å². The van der Waals surface area contributed by atoms with Crippen molar-refractivity contribution in [2.45, 2.75) is 57.4 Å². The zero-order valence-corrected chi connectivity index (χ0v) is 16.3. The van der Waals surface area contributed by atoms with Gasteiger partial charge in [-0.25, -0.2) is 0 Å². The highest BCUT2D eigenvalue weighted by Gasteiger charge is 2.33. The van der Waals surface area contributed by atoms with Crippen LogP contribution in [0.15, 0.2) is 18.2 Å². The van der Waals surface area contributed by atoms with E-state index < -0.39 is 17.4 Å². The lowest BCUT2D eigenvalue weighted by Crippen LogP contribution is -2.50. The maximum absolute atomic E-state index is 12.0. The van der Waals surface area contributed by atoms with Gasteiger partial charge in [0.2, 0.25) is 0 Å². The van der Waals surface area contributed by atoms with Gasteiger partial charge in [-0.15, -0.1) is 0 Å². The van der Waals surface area contributed by atoms with Crippen LogP contribution in [0.4, 0.5) is 0 Å². The van der Waals surface area contributed by atoms with Gasteiger partial charge in [0.1, 0.15) is 11.3 Å². The molecule has 0 aromatic heterocycles. The molecule has 0 saturated heterocycles. The first-order chi connectivity index (χ1) is 12.9. The normalized spacial score (nSPS) is 15.4. The minimum atomic E-state index is -0.813. The minimum absolute atomic E-state index is 0.156. The molecule has 0 spiro atoms. The number of hydrogen-bond donors (Lipinski definition) is 1. The quantitative estimate of drug-likeness (QED) is 0.538. The molecule has 0 heterocycles. The molecular formula is C20H25ClN2O4. The van der Waals surface area contributed by atoms with E-state index in [9.17, 15) is 14.9 Å². The molecule has 6 nitrogen and oxygen atoms in total. The van der Waals surface area contributed by atoms with Gasteiger partial charge in [-0.3, -0.25) is 9.59 Å². The Balaban J connectivity index is 1.64. The molecule has 27 heavy (non-hydrogen) atoms. The van der Waals surface area contributed by atoms with E-state index >= 15 is 0 Å². The standard InChI is InChI=1S/C20H25ClN2O4/c1-15-12-16(21)7-8-17(15)26-11-5-6-19(25)27-13-18(24)23-20(14-22)9-3-2-4-10-20/h7-8,12H,2-6,9-11,13H2,1H3,(H,23,24). The number of amides is 1. The van der Waals surface area contributed by atoms with Gasteiger partial charge in [-0.1, -0.05) is 30.9 Å². The number of ether oxygens (including phenoxy) is 2. The Morgan fingerprint density at radius 3 is 2.70 bits per heavy atom. The second kappa shape index (κ2) is 10.2. The Kier molecular flexibility index (Phi) is 7.93. The van der Waals surface area contributed by atoms with E-state index in [2.05, 4.69) is 11.4 Å². The third-order valence-corrected chi connectivity index (χ3v) is 4.82. The lowest BCUT2D eigenvalue weighted by atomic mass is 9.83. The van der Waals surface area contributed by atoms with E-state index in [-0.39, 0.29) is 13.0 Å². The fraction of sp³-hybridized carbons (Fsp3) is 0.550. The lowest BCUT2D eigenvalue weighted by Gasteiger charge is -2.31. The monoisotopic (exact) mass is 392 g/mol. The molecule has 0 bridgehead atoms. The van der Waals surface area contributed by atoms with Gasteiger partial charge in [0.15, 0.2) is 6.61 Å². The van der Waals surface area contributed by atoms with Crippen molar-refractivity contribution in [3.8, 4) is 11.8 Å². The van der Waals surface area contributed by atoms with Gasteiger partial charge >= 0.3 is 5.97 Å². The number of carbonyl (C=O) groups is 2. The van der Waals surface area contributed by atoms with Gasteiger partial charge in [-0.2, -0.15) is 5.26 Å². The summed E-state index contributed by atoms with van der Waals surface area (Å²) in [6.07, 6.45) is 4.83. The summed E-state index contributed by atoms with van der Waals surface area (Å²) >= 11 is 5.89. The van der Waals surface area contributed by atoms with Gasteiger partial charge in [0.05, 0.1) is 12.7 Å². The molecular weight excluding hydrogens is 368 g/mol. The van der Waals surface area contributed by atoms with Crippen molar-refractivity contribution >= 4 is 23.5 Å². The zero-order valence-electron chi connectivity index (χ0n) is 15.6. The van der Waals surface area contributed by atoms with Crippen LogP contribution in [-0.2, 0) is 14.3 Å². The SMILES string of the molecule is Cc1cc(Cl)ccc1OCCCC(=O)OCC(=O)NC1(C#N)CCCCC1. The number of rotatable bonds is 8. The second-order valence-electron chi connectivity index (χ2n) is 6.83. The summed E-state index contributed by atoms with van der Waals surface area (Å²) in [5.41, 5.74) is 0.113. The Hall–Kier alpha value is -2.26. The van der Waals surface area contributed by atoms with Crippen LogP contribution in [0.2, 0.25) is 5.02 Å². The number of hydrogen-bond acceptors (Lipinski definition) is 5. The molecule has 0 unspecified atom stereocenters. The number of nitrogens with zero attached hydrogens (tertiary/aromatic N) is 1. The Bertz CT molecular complexity index is 708. The van der Waals surface area contributed by atoms with Crippen molar-refractivity contribution < 1.29 is 19.1 Å². The molecule has 0 radical (unpaired) electrons. The maximum atomic E-state index is 12.0. The highest BCUT2D eigenvalue weighted by atomic mass is 35.5. The Labute approximate surface area is 164 Å². The second-order valence-corrected chi connectivity index (χ2v) is 7.26. The van der Waals surface area contributed by atoms with Crippen LogP contribution in [0.3, 0.4) is 0 Å². The topological polar surface area (TPSA) is 88.4 Å². The van der Waals surface area contributed by atoms with Gasteiger partial charge in [-0.05, 0) is 49.9 Å². The number of aryl methyl sites for hydroxylation is 1. The van der Waals surface area contributed by atoms with Crippen molar-refractivity contribution in [1.82, 2.24) is 5.32 Å². The number of esters is 1. The van der Waals surface area contributed by atoms with Gasteiger partial charge in [0, 0.05) is 11.4 Å². The molecule has 0 atom stereocenters. The minimum Gasteiger partial charge on any atom is -0.493 e. The number of nitrogens with one attached hydrogen (secondary N) is 1. The molecule has 1 N–H and O–H groups in total. The van der Waals surface area contributed by atoms with Crippen molar-refractivity contribution in [3.63, 3.8) is 0 Å². The summed E-state index contributed by atoms with van der Waals surface area (Å²) in [5.74, 6) is -0.169. The number of benzene rings is 1. The van der Waals surface area contributed by atoms with E-state index in [1.807, 2.05) is 13.0 Å². The van der Waals surface area contributed by atoms with Crippen LogP contribution in [0.1, 0.15) is 50.5 Å². The van der Waals surface area contributed by atoms with Crippen LogP contribution < -0.4 is 10.1 Å². The molecule has 1 aromatic rings. The van der Waals surface area contributed by atoms with Crippen molar-refractivity contribution in [3.05, 3.63) is 28.8 Å². The average molecular weight is 393 g/mol. The van der Waals surface area contributed by atoms with E-state index in [4.69, 9.17) is 21.1 Å². The number of nitriles is 1. The predicted octanol–water partition coefficient (Wildman–Crippen LogP) is 3.69. The number of halogens is 1. The van der Waals surface area contributed by atoms with Crippen LogP contribution in [0, 0.1) is 18.3 Å². The Morgan fingerprint density at radius 2 is 2.04 bits per heavy atom. The van der Waals surface area contributed by atoms with Crippen LogP contribution in [0.25, 0.3) is 0 Å². The lowest BCUT2D eigenvalue weighted by molar-refractivity contribution is -0.149. The molecule has 1 aliphatic carbocycles. The molecule has 2 rings (SSSR count). The highest BCUT2D eigenvalue weighted by molar-refractivity contribution is 6.30. The molecule has 1 saturated carbocycles. The predicted molar refractivity (Wildman–Crippen MR) is 101 cm³/mol. The first-order valence-corrected chi connectivity index (χ1v) is 9.59. The van der Waals surface area contributed by atoms with E-state index in [0.29, 0.717) is 30.9 Å². The molecule has 146 valence electrons. The third-order valence-electron chi connectivity index (χ3n) is 4.58. The van der Waals surface area contributed by atoms with E-state index in [1.54, 1.807) is 12.1 Å². The summed E-state index contributed by atoms with van der Waals surface area (Å²) in [7, 11) is 0. The molecule has 1 aromatic carbocycles. The fourth-order valence-corrected chi connectivity index (χ4v) is 3.34. The zero-order chi connectivity index (χ0) is 19.7. The summed E-state index contributed by atoms with van der Waals surface area (Å²) in [6.45, 7) is 1.90. The van der Waals surface area contributed by atoms with Crippen LogP contribution in [0.5, 0.6) is 5.75 Å². The van der Waals surface area contributed by atoms with Crippen LogP contribution in [-0.4, -0.2) is 30.6 Å². The molecule has 1 aliphatic rings. The summed E-state index contributed by atoms with van der Waals surface area (Å²) in [5, 5.41) is 12.7. The third kappa shape index (κ3) is 6.76. The summed E-state index contributed by atoms with van der Waals surface area (Å²) < 4.78 is 10.6. The first-order valence-electron chi connectivity index (χ1n) is 9.21. The maximum Gasteiger partial charge on any atom is 0.306 e. The van der Waals surface area contributed by atoms with E-state index in [1.165, 1.54) is 0 Å².